The Balaban J connectivity index is 0.00000157. The van der Waals surface area contributed by atoms with Crippen molar-refractivity contribution in [2.45, 2.75) is 25.2 Å². The Morgan fingerprint density at radius 3 is 2.52 bits per heavy atom. The molecule has 0 saturated heterocycles. The van der Waals surface area contributed by atoms with Gasteiger partial charge in [-0.3, -0.25) is 4.98 Å². The third kappa shape index (κ3) is 2.61. The summed E-state index contributed by atoms with van der Waals surface area (Å²) in [6.07, 6.45) is 5.75. The Morgan fingerprint density at radius 2 is 1.68 bits per heavy atom. The van der Waals surface area contributed by atoms with Crippen molar-refractivity contribution in [3.63, 3.8) is 0 Å². The largest absolute Gasteiger partial charge is 0.398 e. The standard InChI is InChI=1S/C22H20N2.ClH/c23-22-18-8-4-5-9-19(18)24-20-12-14-10-16(13-17(11-14)21(20)22)15-6-2-1-3-7-15;/h1-10,14,17H,11-13H2,(H2,23,24);1H. The van der Waals surface area contributed by atoms with Crippen molar-refractivity contribution in [3.05, 3.63) is 77.5 Å². The molecule has 25 heavy (non-hydrogen) atoms. The average molecular weight is 349 g/mol. The summed E-state index contributed by atoms with van der Waals surface area (Å²) >= 11 is 0. The molecule has 2 aliphatic rings. The molecule has 0 aliphatic heterocycles. The second kappa shape index (κ2) is 6.20. The van der Waals surface area contributed by atoms with Gasteiger partial charge in [-0.05, 0) is 48.3 Å². The summed E-state index contributed by atoms with van der Waals surface area (Å²) in [5, 5.41) is 1.10. The van der Waals surface area contributed by atoms with E-state index in [2.05, 4.69) is 54.6 Å². The van der Waals surface area contributed by atoms with Crippen LogP contribution in [0, 0.1) is 5.92 Å². The molecule has 2 nitrogen and oxygen atoms in total. The predicted molar refractivity (Wildman–Crippen MR) is 107 cm³/mol. The molecule has 2 N–H and O–H groups in total. The van der Waals surface area contributed by atoms with Crippen LogP contribution < -0.4 is 5.73 Å². The van der Waals surface area contributed by atoms with E-state index in [4.69, 9.17) is 10.7 Å². The van der Waals surface area contributed by atoms with Crippen molar-refractivity contribution in [1.29, 1.82) is 0 Å². The van der Waals surface area contributed by atoms with E-state index in [0.29, 0.717) is 11.8 Å². The second-order valence-corrected chi connectivity index (χ2v) is 7.06. The number of fused-ring (bicyclic) bond motifs is 5. The number of anilines is 1. The first-order valence-electron chi connectivity index (χ1n) is 8.72. The molecule has 1 heterocycles. The number of nitrogens with zero attached hydrogens (tertiary/aromatic N) is 1. The van der Waals surface area contributed by atoms with E-state index in [1.54, 1.807) is 0 Å². The minimum Gasteiger partial charge on any atom is -0.398 e. The normalized spacial score (nSPS) is 21.2. The lowest BCUT2D eigenvalue weighted by Crippen LogP contribution is -2.24. The Labute approximate surface area is 154 Å². The van der Waals surface area contributed by atoms with Crippen LogP contribution in [0.15, 0.2) is 60.7 Å². The lowest BCUT2D eigenvalue weighted by molar-refractivity contribution is 0.451. The van der Waals surface area contributed by atoms with Crippen LogP contribution in [0.25, 0.3) is 16.5 Å². The molecule has 0 fully saturated rings. The highest BCUT2D eigenvalue weighted by atomic mass is 35.5. The molecule has 5 rings (SSSR count). The van der Waals surface area contributed by atoms with Gasteiger partial charge in [-0.2, -0.15) is 0 Å². The van der Waals surface area contributed by atoms with Crippen molar-refractivity contribution in [1.82, 2.24) is 4.98 Å². The Hall–Kier alpha value is -2.32. The van der Waals surface area contributed by atoms with Crippen molar-refractivity contribution in [2.75, 3.05) is 5.73 Å². The maximum absolute atomic E-state index is 6.60. The fourth-order valence-electron chi connectivity index (χ4n) is 4.53. The molecule has 0 radical (unpaired) electrons. The zero-order valence-electron chi connectivity index (χ0n) is 14.0. The van der Waals surface area contributed by atoms with Crippen LogP contribution in [0.5, 0.6) is 0 Å². The number of nitrogen functional groups attached to an aromatic ring is 1. The lowest BCUT2D eigenvalue weighted by Gasteiger charge is -2.36. The van der Waals surface area contributed by atoms with Gasteiger partial charge in [0.1, 0.15) is 0 Å². The minimum absolute atomic E-state index is 0. The van der Waals surface area contributed by atoms with Crippen molar-refractivity contribution < 1.29 is 0 Å². The maximum Gasteiger partial charge on any atom is 0.0726 e. The summed E-state index contributed by atoms with van der Waals surface area (Å²) in [7, 11) is 0. The van der Waals surface area contributed by atoms with Crippen molar-refractivity contribution in [2.24, 2.45) is 5.92 Å². The minimum atomic E-state index is 0. The van der Waals surface area contributed by atoms with E-state index in [-0.39, 0.29) is 12.4 Å². The number of allylic oxidation sites excluding steroid dienone is 2. The number of hydrogen-bond donors (Lipinski definition) is 1. The van der Waals surface area contributed by atoms with Crippen LogP contribution in [0.1, 0.15) is 35.6 Å². The average Bonchev–Trinajstić information content (AvgIpc) is 2.62. The summed E-state index contributed by atoms with van der Waals surface area (Å²) < 4.78 is 0. The molecule has 1 aromatic heterocycles. The molecule has 2 aliphatic carbocycles. The monoisotopic (exact) mass is 348 g/mol. The number of hydrogen-bond acceptors (Lipinski definition) is 2. The number of benzene rings is 2. The summed E-state index contributed by atoms with van der Waals surface area (Å²) in [5.74, 6) is 1.08. The van der Waals surface area contributed by atoms with Gasteiger partial charge in [-0.25, -0.2) is 0 Å². The lowest BCUT2D eigenvalue weighted by atomic mass is 9.70. The predicted octanol–water partition coefficient (Wildman–Crippen LogP) is 5.37. The van der Waals surface area contributed by atoms with Crippen LogP contribution >= 0.6 is 12.4 Å². The van der Waals surface area contributed by atoms with Crippen molar-refractivity contribution in [3.8, 4) is 0 Å². The quantitative estimate of drug-likeness (QED) is 0.641. The van der Waals surface area contributed by atoms with Crippen LogP contribution in [0.4, 0.5) is 5.69 Å². The molecular formula is C22H21ClN2. The molecule has 0 saturated carbocycles. The zero-order chi connectivity index (χ0) is 16.1. The Bertz CT molecular complexity index is 962. The third-order valence-electron chi connectivity index (χ3n) is 5.55. The van der Waals surface area contributed by atoms with E-state index in [0.717, 1.165) is 29.4 Å². The number of rotatable bonds is 1. The molecule has 2 aromatic carbocycles. The topological polar surface area (TPSA) is 38.9 Å². The van der Waals surface area contributed by atoms with Gasteiger partial charge in [0.15, 0.2) is 0 Å². The second-order valence-electron chi connectivity index (χ2n) is 7.06. The van der Waals surface area contributed by atoms with Crippen LogP contribution in [0.2, 0.25) is 0 Å². The summed E-state index contributed by atoms with van der Waals surface area (Å²) in [6.45, 7) is 0. The van der Waals surface area contributed by atoms with Gasteiger partial charge >= 0.3 is 0 Å². The van der Waals surface area contributed by atoms with Gasteiger partial charge in [-0.15, -0.1) is 12.4 Å². The van der Waals surface area contributed by atoms with Gasteiger partial charge < -0.3 is 5.73 Å². The number of nitrogens with two attached hydrogens (primary N) is 1. The van der Waals surface area contributed by atoms with Gasteiger partial charge in [0, 0.05) is 22.3 Å². The molecule has 2 unspecified atom stereocenters. The van der Waals surface area contributed by atoms with Crippen LogP contribution in [0.3, 0.4) is 0 Å². The molecule has 126 valence electrons. The zero-order valence-corrected chi connectivity index (χ0v) is 14.8. The number of aromatic nitrogens is 1. The molecule has 3 heteroatoms. The van der Waals surface area contributed by atoms with E-state index < -0.39 is 0 Å². The van der Waals surface area contributed by atoms with E-state index in [1.807, 2.05) is 6.07 Å². The summed E-state index contributed by atoms with van der Waals surface area (Å²) in [5.41, 5.74) is 13.9. The fourth-order valence-corrected chi connectivity index (χ4v) is 4.53. The highest BCUT2D eigenvalue weighted by molar-refractivity contribution is 5.92. The van der Waals surface area contributed by atoms with E-state index in [1.165, 1.54) is 28.8 Å². The Kier molecular flexibility index (Phi) is 4.01. The van der Waals surface area contributed by atoms with Gasteiger partial charge in [0.2, 0.25) is 0 Å². The summed E-state index contributed by atoms with van der Waals surface area (Å²) in [4.78, 5) is 4.95. The first-order chi connectivity index (χ1) is 11.8. The summed E-state index contributed by atoms with van der Waals surface area (Å²) in [6, 6.07) is 19.0. The van der Waals surface area contributed by atoms with E-state index >= 15 is 0 Å². The first kappa shape index (κ1) is 16.2. The van der Waals surface area contributed by atoms with Crippen LogP contribution in [-0.4, -0.2) is 4.98 Å². The molecule has 2 atom stereocenters. The van der Waals surface area contributed by atoms with Crippen LogP contribution in [-0.2, 0) is 6.42 Å². The molecule has 0 amide bonds. The third-order valence-corrected chi connectivity index (χ3v) is 5.55. The van der Waals surface area contributed by atoms with Crippen molar-refractivity contribution >= 4 is 34.6 Å². The number of pyridine rings is 1. The highest BCUT2D eigenvalue weighted by Crippen LogP contribution is 2.48. The van der Waals surface area contributed by atoms with Gasteiger partial charge in [-0.1, -0.05) is 54.6 Å². The van der Waals surface area contributed by atoms with E-state index in [9.17, 15) is 0 Å². The van der Waals surface area contributed by atoms with Gasteiger partial charge in [0.25, 0.3) is 0 Å². The molecule has 0 spiro atoms. The highest BCUT2D eigenvalue weighted by Gasteiger charge is 2.33. The number of halogens is 1. The molecule has 3 aromatic rings. The molecular weight excluding hydrogens is 328 g/mol. The fraction of sp³-hybridized carbons (Fsp3) is 0.227. The number of para-hydroxylation sites is 1. The molecule has 2 bridgehead atoms. The van der Waals surface area contributed by atoms with Gasteiger partial charge in [0.05, 0.1) is 5.52 Å². The Morgan fingerprint density at radius 1 is 0.920 bits per heavy atom. The smallest absolute Gasteiger partial charge is 0.0726 e. The first-order valence-corrected chi connectivity index (χ1v) is 8.72. The SMILES string of the molecule is Cl.Nc1c2c(nc3ccccc13)CC1C=C(c3ccccc3)CC2C1. The maximum atomic E-state index is 6.60.